The van der Waals surface area contributed by atoms with Gasteiger partial charge in [-0.3, -0.25) is 0 Å². The smallest absolute Gasteiger partial charge is 0.126 e. The second kappa shape index (κ2) is 9.67. The lowest BCUT2D eigenvalue weighted by Gasteiger charge is -2.12. The van der Waals surface area contributed by atoms with Crippen LogP contribution in [-0.4, -0.2) is 12.1 Å². The van der Waals surface area contributed by atoms with E-state index in [1.165, 1.54) is 12.8 Å². The molecule has 1 fully saturated rings. The number of thiazole rings is 1. The van der Waals surface area contributed by atoms with E-state index in [9.17, 15) is 4.39 Å². The Morgan fingerprint density at radius 1 is 1.09 bits per heavy atom. The molecule has 1 unspecified atom stereocenters. The maximum absolute atomic E-state index is 14.2. The molecule has 0 amide bonds. The standard InChI is InChI=1S/C28H31FN2OS/c1-16-6-9-22(15-24(16)29)21(14-20-7-8-20)10-11-25(30)28-31-27(19(4)33-28)23-12-18(3)26(32-5)13-17(23)2/h6,9,12-13,15,20-21,25H,7-8,14,30H2,1-5H3/t21-,25?/m0/s1. The van der Waals surface area contributed by atoms with Crippen LogP contribution in [0.2, 0.25) is 0 Å². The van der Waals surface area contributed by atoms with Gasteiger partial charge in [-0.2, -0.15) is 0 Å². The van der Waals surface area contributed by atoms with Gasteiger partial charge in [0.15, 0.2) is 0 Å². The lowest BCUT2D eigenvalue weighted by Crippen LogP contribution is -2.08. The molecule has 5 heteroatoms. The average molecular weight is 463 g/mol. The Balaban J connectivity index is 1.61. The summed E-state index contributed by atoms with van der Waals surface area (Å²) >= 11 is 1.59. The third-order valence-electron chi connectivity index (χ3n) is 6.35. The fraction of sp³-hybridized carbons (Fsp3) is 0.393. The highest BCUT2D eigenvalue weighted by atomic mass is 32.1. The fourth-order valence-electron chi connectivity index (χ4n) is 4.11. The number of halogens is 1. The first-order valence-corrected chi connectivity index (χ1v) is 12.2. The van der Waals surface area contributed by atoms with Gasteiger partial charge in [-0.15, -0.1) is 11.3 Å². The van der Waals surface area contributed by atoms with Crippen molar-refractivity contribution < 1.29 is 9.13 Å². The highest BCUT2D eigenvalue weighted by Crippen LogP contribution is 2.39. The van der Waals surface area contributed by atoms with Gasteiger partial charge in [0.25, 0.3) is 0 Å². The van der Waals surface area contributed by atoms with E-state index in [1.54, 1.807) is 31.4 Å². The zero-order valence-electron chi connectivity index (χ0n) is 20.0. The molecule has 1 aliphatic carbocycles. The molecule has 172 valence electrons. The number of rotatable bonds is 6. The van der Waals surface area contributed by atoms with E-state index in [1.807, 2.05) is 25.1 Å². The maximum atomic E-state index is 14.2. The molecule has 4 rings (SSSR count). The Morgan fingerprint density at radius 3 is 2.52 bits per heavy atom. The van der Waals surface area contributed by atoms with Crippen molar-refractivity contribution in [2.24, 2.45) is 11.7 Å². The Hall–Kier alpha value is -2.68. The van der Waals surface area contributed by atoms with Crippen molar-refractivity contribution in [2.45, 2.75) is 58.9 Å². The van der Waals surface area contributed by atoms with Gasteiger partial charge in [0.05, 0.1) is 12.8 Å². The molecule has 3 nitrogen and oxygen atoms in total. The number of hydrogen-bond acceptors (Lipinski definition) is 4. The van der Waals surface area contributed by atoms with Crippen LogP contribution < -0.4 is 10.5 Å². The average Bonchev–Trinajstić information content (AvgIpc) is 3.53. The van der Waals surface area contributed by atoms with Crippen LogP contribution in [-0.2, 0) is 0 Å². The number of benzene rings is 2. The summed E-state index contributed by atoms with van der Waals surface area (Å²) in [7, 11) is 1.69. The second-order valence-corrected chi connectivity index (χ2v) is 10.3. The van der Waals surface area contributed by atoms with Gasteiger partial charge < -0.3 is 10.5 Å². The third kappa shape index (κ3) is 5.29. The molecule has 2 atom stereocenters. The lowest BCUT2D eigenvalue weighted by atomic mass is 9.93. The summed E-state index contributed by atoms with van der Waals surface area (Å²) in [4.78, 5) is 5.99. The molecule has 2 N–H and O–H groups in total. The van der Waals surface area contributed by atoms with Crippen molar-refractivity contribution in [3.63, 3.8) is 0 Å². The molecule has 2 aromatic carbocycles. The van der Waals surface area contributed by atoms with Crippen LogP contribution in [0.5, 0.6) is 5.75 Å². The Bertz CT molecular complexity index is 1230. The van der Waals surface area contributed by atoms with Gasteiger partial charge in [-0.05, 0) is 80.5 Å². The van der Waals surface area contributed by atoms with Crippen LogP contribution in [0.25, 0.3) is 11.3 Å². The molecule has 1 saturated carbocycles. The summed E-state index contributed by atoms with van der Waals surface area (Å²) in [5.41, 5.74) is 12.3. The predicted molar refractivity (Wildman–Crippen MR) is 134 cm³/mol. The quantitative estimate of drug-likeness (QED) is 0.411. The Morgan fingerprint density at radius 2 is 1.85 bits per heavy atom. The highest BCUT2D eigenvalue weighted by molar-refractivity contribution is 7.12. The molecule has 1 aromatic heterocycles. The van der Waals surface area contributed by atoms with Crippen molar-refractivity contribution >= 4 is 11.3 Å². The Labute approximate surface area is 200 Å². The van der Waals surface area contributed by atoms with Crippen molar-refractivity contribution in [2.75, 3.05) is 7.11 Å². The van der Waals surface area contributed by atoms with Gasteiger partial charge >= 0.3 is 0 Å². The summed E-state index contributed by atoms with van der Waals surface area (Å²) < 4.78 is 19.6. The van der Waals surface area contributed by atoms with Crippen LogP contribution in [0.1, 0.15) is 63.4 Å². The minimum absolute atomic E-state index is 0.00865. The lowest BCUT2D eigenvalue weighted by molar-refractivity contribution is 0.411. The normalized spacial score (nSPS) is 15.0. The first-order chi connectivity index (χ1) is 15.8. The molecule has 0 spiro atoms. The first kappa shape index (κ1) is 23.5. The number of hydrogen-bond donors (Lipinski definition) is 1. The van der Waals surface area contributed by atoms with Crippen LogP contribution in [0, 0.1) is 51.3 Å². The summed E-state index contributed by atoms with van der Waals surface area (Å²) in [5.74, 6) is 7.97. The van der Waals surface area contributed by atoms with E-state index in [0.717, 1.165) is 50.0 Å². The summed E-state index contributed by atoms with van der Waals surface area (Å²) in [5, 5.41) is 0.808. The molecule has 0 saturated heterocycles. The van der Waals surface area contributed by atoms with Crippen LogP contribution >= 0.6 is 11.3 Å². The predicted octanol–water partition coefficient (Wildman–Crippen LogP) is 6.78. The summed E-state index contributed by atoms with van der Waals surface area (Å²) in [6, 6.07) is 9.15. The molecule has 33 heavy (non-hydrogen) atoms. The van der Waals surface area contributed by atoms with E-state index in [0.29, 0.717) is 11.5 Å². The zero-order chi connectivity index (χ0) is 23.7. The van der Waals surface area contributed by atoms with Crippen molar-refractivity contribution in [1.82, 2.24) is 4.98 Å². The molecule has 0 bridgehead atoms. The van der Waals surface area contributed by atoms with Gasteiger partial charge in [0, 0.05) is 16.4 Å². The zero-order valence-corrected chi connectivity index (χ0v) is 20.8. The molecule has 0 radical (unpaired) electrons. The number of nitrogens with zero attached hydrogens (tertiary/aromatic N) is 1. The fourth-order valence-corrected chi connectivity index (χ4v) is 5.00. The maximum Gasteiger partial charge on any atom is 0.126 e. The van der Waals surface area contributed by atoms with Crippen LogP contribution in [0.3, 0.4) is 0 Å². The van der Waals surface area contributed by atoms with Gasteiger partial charge in [-0.1, -0.05) is 36.8 Å². The number of nitrogens with two attached hydrogens (primary N) is 1. The second-order valence-electron chi connectivity index (χ2n) is 9.10. The minimum atomic E-state index is -0.473. The van der Waals surface area contributed by atoms with Crippen LogP contribution in [0.15, 0.2) is 30.3 Å². The Kier molecular flexibility index (Phi) is 6.88. The SMILES string of the molecule is COc1cc(C)c(-c2nc(C(N)C#C[C@@H](CC3CC3)c3ccc(C)c(F)c3)sc2C)cc1C. The highest BCUT2D eigenvalue weighted by Gasteiger charge is 2.26. The number of ether oxygens (including phenoxy) is 1. The first-order valence-electron chi connectivity index (χ1n) is 11.4. The molecular weight excluding hydrogens is 431 g/mol. The third-order valence-corrected chi connectivity index (χ3v) is 7.41. The van der Waals surface area contributed by atoms with Gasteiger partial charge in [0.1, 0.15) is 22.6 Å². The van der Waals surface area contributed by atoms with Crippen LogP contribution in [0.4, 0.5) is 4.39 Å². The largest absolute Gasteiger partial charge is 0.496 e. The minimum Gasteiger partial charge on any atom is -0.496 e. The van der Waals surface area contributed by atoms with E-state index >= 15 is 0 Å². The monoisotopic (exact) mass is 462 g/mol. The molecule has 0 aliphatic heterocycles. The van der Waals surface area contributed by atoms with E-state index in [-0.39, 0.29) is 11.7 Å². The van der Waals surface area contributed by atoms with Crippen molar-refractivity contribution in [1.29, 1.82) is 0 Å². The summed E-state index contributed by atoms with van der Waals surface area (Å²) in [6.45, 7) is 7.96. The topological polar surface area (TPSA) is 48.1 Å². The van der Waals surface area contributed by atoms with Crippen molar-refractivity contribution in [3.8, 4) is 28.8 Å². The number of aryl methyl sites for hydroxylation is 4. The summed E-state index contributed by atoms with van der Waals surface area (Å²) in [6.07, 6.45) is 3.41. The number of aromatic nitrogens is 1. The van der Waals surface area contributed by atoms with Gasteiger partial charge in [0.2, 0.25) is 0 Å². The number of methoxy groups -OCH3 is 1. The van der Waals surface area contributed by atoms with Gasteiger partial charge in [-0.25, -0.2) is 9.37 Å². The van der Waals surface area contributed by atoms with Crippen molar-refractivity contribution in [3.05, 3.63) is 68.3 Å². The van der Waals surface area contributed by atoms with E-state index < -0.39 is 6.04 Å². The van der Waals surface area contributed by atoms with E-state index in [4.69, 9.17) is 15.5 Å². The molecular formula is C28H31FN2OS. The molecule has 1 aliphatic rings. The van der Waals surface area contributed by atoms with E-state index in [2.05, 4.69) is 31.8 Å². The molecule has 1 heterocycles. The molecule has 3 aromatic rings.